The first-order valence-corrected chi connectivity index (χ1v) is 8.58. The molecule has 0 aliphatic carbocycles. The molecule has 4 rings (SSSR count). The predicted octanol–water partition coefficient (Wildman–Crippen LogP) is 2.36. The standard InChI is InChI=1S/C18H13N5O2S/c1-10-3-5-13(17(20-10)25-2)21-18-22-14(16(24)23-18)7-11-4-6-12-15(8-11)26-9-19-12/h3,5,7-9H,1-2H3,(H2,21,22,23,24)/b14-7-. The number of nitrogens with one attached hydrogen (secondary N) is 2. The molecule has 1 aliphatic rings. The molecule has 1 saturated heterocycles. The van der Waals surface area contributed by atoms with Crippen LogP contribution < -0.4 is 15.4 Å². The summed E-state index contributed by atoms with van der Waals surface area (Å²) >= 11 is 1.51. The number of fused-ring (bicyclic) bond motifs is 1. The molecular weight excluding hydrogens is 350 g/mol. The Morgan fingerprint density at radius 3 is 3.04 bits per heavy atom. The van der Waals surface area contributed by atoms with Crippen LogP contribution in [0.2, 0.25) is 0 Å². The first-order valence-electron chi connectivity index (χ1n) is 7.70. The number of aliphatic imine (C=N–C) groups is 1. The van der Waals surface area contributed by atoms with E-state index in [-0.39, 0.29) is 5.91 Å². The topological polar surface area (TPSA) is 88.5 Å². The Hall–Kier alpha value is -3.44. The van der Waals surface area contributed by atoms with Gasteiger partial charge in [0.2, 0.25) is 11.8 Å². The van der Waals surface area contributed by atoms with E-state index in [1.165, 1.54) is 18.4 Å². The number of rotatable bonds is 3. The third kappa shape index (κ3) is 3.08. The summed E-state index contributed by atoms with van der Waals surface area (Å²) in [6.07, 6.45) is 1.69. The van der Waals surface area contributed by atoms with Crippen molar-refractivity contribution in [3.8, 4) is 5.88 Å². The van der Waals surface area contributed by atoms with Crippen molar-refractivity contribution < 1.29 is 9.53 Å². The van der Waals surface area contributed by atoms with Crippen LogP contribution in [0.3, 0.4) is 0 Å². The Balaban J connectivity index is 1.62. The molecule has 0 atom stereocenters. The van der Waals surface area contributed by atoms with Crippen molar-refractivity contribution in [3.63, 3.8) is 0 Å². The number of aryl methyl sites for hydroxylation is 1. The molecular formula is C18H13N5O2S. The maximum Gasteiger partial charge on any atom is 0.274 e. The zero-order valence-corrected chi connectivity index (χ0v) is 14.8. The number of guanidine groups is 1. The van der Waals surface area contributed by atoms with Crippen molar-refractivity contribution in [3.05, 3.63) is 52.8 Å². The molecule has 0 radical (unpaired) electrons. The lowest BCUT2D eigenvalue weighted by atomic mass is 10.2. The zero-order valence-electron chi connectivity index (χ0n) is 14.0. The summed E-state index contributed by atoms with van der Waals surface area (Å²) in [6.45, 7) is 1.86. The van der Waals surface area contributed by atoms with E-state index >= 15 is 0 Å². The van der Waals surface area contributed by atoms with Gasteiger partial charge in [-0.1, -0.05) is 6.07 Å². The minimum absolute atomic E-state index is 0.277. The molecule has 3 aromatic rings. The van der Waals surface area contributed by atoms with Gasteiger partial charge in [0, 0.05) is 11.3 Å². The number of pyridine rings is 1. The lowest BCUT2D eigenvalue weighted by Crippen LogP contribution is -2.24. The molecule has 0 unspecified atom stereocenters. The maximum absolute atomic E-state index is 12.2. The fourth-order valence-electron chi connectivity index (χ4n) is 2.42. The minimum atomic E-state index is -0.277. The second-order valence-corrected chi connectivity index (χ2v) is 6.38. The van der Waals surface area contributed by atoms with Gasteiger partial charge in [0.25, 0.3) is 5.91 Å². The molecule has 7 nitrogen and oxygen atoms in total. The molecule has 8 heteroatoms. The average molecular weight is 363 g/mol. The smallest absolute Gasteiger partial charge is 0.274 e. The first kappa shape index (κ1) is 16.1. The summed E-state index contributed by atoms with van der Waals surface area (Å²) < 4.78 is 6.22. The normalized spacial score (nSPS) is 16.6. The van der Waals surface area contributed by atoms with Crippen molar-refractivity contribution >= 4 is 45.2 Å². The summed E-state index contributed by atoms with van der Waals surface area (Å²) in [5.74, 6) is 0.429. The predicted molar refractivity (Wildman–Crippen MR) is 99.2 cm³/mol. The van der Waals surface area contributed by atoms with Crippen LogP contribution in [-0.2, 0) is 4.79 Å². The Morgan fingerprint density at radius 2 is 2.19 bits per heavy atom. The van der Waals surface area contributed by atoms with Crippen LogP contribution in [0.4, 0.5) is 5.69 Å². The molecule has 0 spiro atoms. The van der Waals surface area contributed by atoms with Crippen molar-refractivity contribution in [1.82, 2.24) is 20.6 Å². The number of amides is 1. The first-order chi connectivity index (χ1) is 12.6. The number of thiazole rings is 1. The number of carbonyl (C=O) groups is 1. The number of aromatic nitrogens is 2. The van der Waals surface area contributed by atoms with Gasteiger partial charge < -0.3 is 10.1 Å². The number of hydrogen-bond acceptors (Lipinski definition) is 6. The third-order valence-corrected chi connectivity index (χ3v) is 4.42. The van der Waals surface area contributed by atoms with Crippen LogP contribution in [0.25, 0.3) is 16.3 Å². The van der Waals surface area contributed by atoms with Gasteiger partial charge in [0.1, 0.15) is 16.9 Å². The Kier molecular flexibility index (Phi) is 3.99. The van der Waals surface area contributed by atoms with E-state index in [4.69, 9.17) is 4.74 Å². The zero-order chi connectivity index (χ0) is 18.1. The summed E-state index contributed by atoms with van der Waals surface area (Å²) in [6, 6.07) is 11.5. The summed E-state index contributed by atoms with van der Waals surface area (Å²) in [4.78, 5) is 25.0. The molecule has 2 aromatic heterocycles. The van der Waals surface area contributed by atoms with Crippen LogP contribution in [-0.4, -0.2) is 28.9 Å². The van der Waals surface area contributed by atoms with Crippen LogP contribution in [0, 0.1) is 19.1 Å². The highest BCUT2D eigenvalue weighted by atomic mass is 32.1. The van der Waals surface area contributed by atoms with Crippen molar-refractivity contribution in [1.29, 1.82) is 0 Å². The lowest BCUT2D eigenvalue weighted by molar-refractivity contribution is -0.115. The SMILES string of the molecule is COc1nc(C)ccc1N=C1NC(=O)/C(=C/c2c#cc3ncsc3c2)N1. The van der Waals surface area contributed by atoms with Gasteiger partial charge >= 0.3 is 0 Å². The van der Waals surface area contributed by atoms with E-state index in [0.717, 1.165) is 21.5 Å². The second-order valence-electron chi connectivity index (χ2n) is 5.49. The highest BCUT2D eigenvalue weighted by Gasteiger charge is 2.22. The van der Waals surface area contributed by atoms with Gasteiger partial charge in [-0.2, -0.15) is 0 Å². The quantitative estimate of drug-likeness (QED) is 0.698. The van der Waals surface area contributed by atoms with E-state index in [1.54, 1.807) is 17.7 Å². The average Bonchev–Trinajstić information content (AvgIpc) is 3.23. The third-order valence-electron chi connectivity index (χ3n) is 3.64. The van der Waals surface area contributed by atoms with E-state index in [2.05, 4.69) is 37.7 Å². The summed E-state index contributed by atoms with van der Waals surface area (Å²) in [7, 11) is 1.53. The number of carbonyl (C=O) groups excluding carboxylic acids is 1. The summed E-state index contributed by atoms with van der Waals surface area (Å²) in [5, 5.41) is 5.65. The van der Waals surface area contributed by atoms with E-state index in [0.29, 0.717) is 23.2 Å². The van der Waals surface area contributed by atoms with E-state index < -0.39 is 0 Å². The lowest BCUT2D eigenvalue weighted by Gasteiger charge is -2.04. The Morgan fingerprint density at radius 1 is 1.31 bits per heavy atom. The molecule has 128 valence electrons. The van der Waals surface area contributed by atoms with Gasteiger partial charge in [-0.15, -0.1) is 11.3 Å². The van der Waals surface area contributed by atoms with Crippen LogP contribution in [0.15, 0.2) is 34.4 Å². The largest absolute Gasteiger partial charge is 0.479 e. The van der Waals surface area contributed by atoms with Gasteiger partial charge in [0.05, 0.1) is 17.3 Å². The molecule has 1 aliphatic heterocycles. The number of methoxy groups -OCH3 is 1. The molecule has 0 bridgehead atoms. The minimum Gasteiger partial charge on any atom is -0.479 e. The van der Waals surface area contributed by atoms with Gasteiger partial charge in [-0.25, -0.2) is 15.0 Å². The number of nitrogens with zero attached hydrogens (tertiary/aromatic N) is 3. The van der Waals surface area contributed by atoms with E-state index in [9.17, 15) is 4.79 Å². The van der Waals surface area contributed by atoms with E-state index in [1.807, 2.05) is 19.1 Å². The molecule has 0 saturated carbocycles. The van der Waals surface area contributed by atoms with Gasteiger partial charge in [-0.3, -0.25) is 10.1 Å². The van der Waals surface area contributed by atoms with Crippen LogP contribution >= 0.6 is 11.3 Å². The molecule has 1 fully saturated rings. The Labute approximate surface area is 153 Å². The number of ether oxygens (including phenoxy) is 1. The van der Waals surface area contributed by atoms with Crippen LogP contribution in [0.1, 0.15) is 11.3 Å². The highest BCUT2D eigenvalue weighted by Crippen LogP contribution is 2.25. The number of hydrogen-bond donors (Lipinski definition) is 2. The molecule has 26 heavy (non-hydrogen) atoms. The fraction of sp³-hybridized carbons (Fsp3) is 0.111. The molecule has 1 amide bonds. The molecule has 2 N–H and O–H groups in total. The van der Waals surface area contributed by atoms with Gasteiger partial charge in [-0.05, 0) is 37.3 Å². The molecule has 3 heterocycles. The highest BCUT2D eigenvalue weighted by molar-refractivity contribution is 7.16. The van der Waals surface area contributed by atoms with Gasteiger partial charge in [0.15, 0.2) is 0 Å². The second kappa shape index (κ2) is 6.46. The fourth-order valence-corrected chi connectivity index (χ4v) is 3.10. The maximum atomic E-state index is 12.2. The van der Waals surface area contributed by atoms with Crippen molar-refractivity contribution in [2.45, 2.75) is 6.92 Å². The Bertz CT molecular complexity index is 1070. The van der Waals surface area contributed by atoms with Crippen LogP contribution in [0.5, 0.6) is 5.88 Å². The monoisotopic (exact) mass is 363 g/mol. The molecule has 1 aromatic carbocycles. The summed E-state index contributed by atoms with van der Waals surface area (Å²) in [5.41, 5.74) is 4.96. The van der Waals surface area contributed by atoms with Crippen molar-refractivity contribution in [2.24, 2.45) is 4.99 Å². The van der Waals surface area contributed by atoms with Crippen molar-refractivity contribution in [2.75, 3.05) is 7.11 Å².